The first-order valence-corrected chi connectivity index (χ1v) is 7.39. The normalized spacial score (nSPS) is 11.6. The summed E-state index contributed by atoms with van der Waals surface area (Å²) < 4.78 is 50.5. The van der Waals surface area contributed by atoms with Gasteiger partial charge < -0.3 is 4.74 Å². The average Bonchev–Trinajstić information content (AvgIpc) is 2.13. The van der Waals surface area contributed by atoms with Crippen molar-refractivity contribution in [3.05, 3.63) is 25.8 Å². The zero-order valence-electron chi connectivity index (χ0n) is 8.14. The van der Waals surface area contributed by atoms with Gasteiger partial charge in [0, 0.05) is 10.7 Å². The van der Waals surface area contributed by atoms with Gasteiger partial charge in [-0.1, -0.05) is 0 Å². The fraction of sp³-hybridized carbons (Fsp3) is 0.143. The van der Waals surface area contributed by atoms with Crippen LogP contribution < -0.4 is 4.74 Å². The maximum absolute atomic E-state index is 12.2. The Morgan fingerprint density at radius 3 is 2.39 bits per heavy atom. The van der Waals surface area contributed by atoms with Crippen LogP contribution in [0.15, 0.2) is 17.0 Å². The number of nitro groups is 1. The fourth-order valence-corrected chi connectivity index (χ4v) is 2.68. The molecule has 11 heteroatoms. The van der Waals surface area contributed by atoms with Crippen molar-refractivity contribution in [3.63, 3.8) is 0 Å². The first-order chi connectivity index (χ1) is 8.14. The van der Waals surface area contributed by atoms with Gasteiger partial charge in [-0.15, -0.1) is 0 Å². The number of nitrogens with zero attached hydrogens (tertiary/aromatic N) is 1. The number of hydrogen-bond acceptors (Lipinski definition) is 5. The first kappa shape index (κ1) is 15.3. The average molecular weight is 414 g/mol. The predicted octanol–water partition coefficient (Wildman–Crippen LogP) is 2.73. The minimum absolute atomic E-state index is 0.0580. The van der Waals surface area contributed by atoms with Crippen LogP contribution in [0.4, 0.5) is 14.5 Å². The van der Waals surface area contributed by atoms with Crippen LogP contribution in [0.3, 0.4) is 0 Å². The molecule has 1 aromatic rings. The minimum atomic E-state index is -4.45. The Morgan fingerprint density at radius 1 is 1.44 bits per heavy atom. The Kier molecular flexibility index (Phi) is 4.66. The molecule has 0 radical (unpaired) electrons. The van der Waals surface area contributed by atoms with Crippen molar-refractivity contribution in [3.8, 4) is 5.75 Å². The van der Waals surface area contributed by atoms with Crippen LogP contribution in [-0.2, 0) is 9.05 Å². The van der Waals surface area contributed by atoms with Crippen LogP contribution >= 0.6 is 33.3 Å². The van der Waals surface area contributed by atoms with Crippen molar-refractivity contribution < 1.29 is 26.9 Å². The summed E-state index contributed by atoms with van der Waals surface area (Å²) in [6.45, 7) is -3.42. The Labute approximate surface area is 118 Å². The lowest BCUT2D eigenvalue weighted by Gasteiger charge is -2.09. The van der Waals surface area contributed by atoms with Gasteiger partial charge in [0.15, 0.2) is 0 Å². The van der Waals surface area contributed by atoms with E-state index in [1.165, 1.54) is 22.6 Å². The standard InChI is InChI=1S/C7H3ClF2INO5S/c8-18(15,16)4-2-1-3(11)5(12(13)14)6(4)17-7(9)10/h1-2,7H. The van der Waals surface area contributed by atoms with Crippen LogP contribution in [0.5, 0.6) is 5.75 Å². The van der Waals surface area contributed by atoms with E-state index in [0.717, 1.165) is 12.1 Å². The Hall–Kier alpha value is -0.750. The van der Waals surface area contributed by atoms with Crippen molar-refractivity contribution in [1.29, 1.82) is 0 Å². The highest BCUT2D eigenvalue weighted by molar-refractivity contribution is 14.1. The third-order valence-corrected chi connectivity index (χ3v) is 3.91. The molecule has 0 N–H and O–H groups in total. The van der Waals surface area contributed by atoms with Crippen molar-refractivity contribution >= 4 is 48.0 Å². The zero-order chi connectivity index (χ0) is 14.1. The highest BCUT2D eigenvalue weighted by Crippen LogP contribution is 2.39. The summed E-state index contributed by atoms with van der Waals surface area (Å²) in [6, 6.07) is 1.92. The first-order valence-electron chi connectivity index (χ1n) is 4.01. The van der Waals surface area contributed by atoms with E-state index in [2.05, 4.69) is 4.74 Å². The molecule has 0 saturated heterocycles. The molecule has 0 atom stereocenters. The van der Waals surface area contributed by atoms with Gasteiger partial charge in [-0.3, -0.25) is 10.1 Å². The van der Waals surface area contributed by atoms with E-state index in [1.807, 2.05) is 0 Å². The highest BCUT2D eigenvalue weighted by Gasteiger charge is 2.31. The molecule has 0 unspecified atom stereocenters. The summed E-state index contributed by atoms with van der Waals surface area (Å²) in [6.07, 6.45) is 0. The van der Waals surface area contributed by atoms with Gasteiger partial charge in [0.05, 0.1) is 8.49 Å². The van der Waals surface area contributed by atoms with E-state index < -0.39 is 36.9 Å². The van der Waals surface area contributed by atoms with E-state index in [9.17, 15) is 27.3 Å². The summed E-state index contributed by atoms with van der Waals surface area (Å²) >= 11 is 1.49. The largest absolute Gasteiger partial charge is 0.426 e. The molecule has 100 valence electrons. The maximum Gasteiger partial charge on any atom is 0.387 e. The second-order valence-electron chi connectivity index (χ2n) is 2.80. The van der Waals surface area contributed by atoms with Gasteiger partial charge in [0.25, 0.3) is 9.05 Å². The smallest absolute Gasteiger partial charge is 0.387 e. The van der Waals surface area contributed by atoms with E-state index in [1.54, 1.807) is 0 Å². The lowest BCUT2D eigenvalue weighted by molar-refractivity contribution is -0.387. The number of benzene rings is 1. The highest BCUT2D eigenvalue weighted by atomic mass is 127. The Morgan fingerprint density at radius 2 is 2.00 bits per heavy atom. The number of nitro benzene ring substituents is 1. The van der Waals surface area contributed by atoms with Gasteiger partial charge in [-0.2, -0.15) is 8.78 Å². The monoisotopic (exact) mass is 413 g/mol. The second kappa shape index (κ2) is 5.48. The molecule has 6 nitrogen and oxygen atoms in total. The third-order valence-electron chi connectivity index (χ3n) is 1.70. The molecule has 0 aliphatic heterocycles. The molecular formula is C7H3ClF2INO5S. The molecule has 0 amide bonds. The van der Waals surface area contributed by atoms with Crippen molar-refractivity contribution in [2.24, 2.45) is 0 Å². The molecular weight excluding hydrogens is 410 g/mol. The third kappa shape index (κ3) is 3.38. The number of rotatable bonds is 4. The molecule has 18 heavy (non-hydrogen) atoms. The number of halogens is 4. The summed E-state index contributed by atoms with van der Waals surface area (Å²) in [4.78, 5) is 8.84. The van der Waals surface area contributed by atoms with E-state index in [4.69, 9.17) is 10.7 Å². The molecule has 0 spiro atoms. The van der Waals surface area contributed by atoms with Gasteiger partial charge >= 0.3 is 12.3 Å². The van der Waals surface area contributed by atoms with Crippen molar-refractivity contribution in [2.75, 3.05) is 0 Å². The fourth-order valence-electron chi connectivity index (χ4n) is 1.09. The van der Waals surface area contributed by atoms with E-state index >= 15 is 0 Å². The quantitative estimate of drug-likeness (QED) is 0.328. The predicted molar refractivity (Wildman–Crippen MR) is 65.5 cm³/mol. The van der Waals surface area contributed by atoms with Crippen LogP contribution in [0.1, 0.15) is 0 Å². The number of alkyl halides is 2. The molecule has 0 bridgehead atoms. The topological polar surface area (TPSA) is 86.5 Å². The van der Waals surface area contributed by atoms with Gasteiger partial charge in [0.1, 0.15) is 4.90 Å². The molecule has 0 saturated carbocycles. The van der Waals surface area contributed by atoms with E-state index in [0.29, 0.717) is 0 Å². The second-order valence-corrected chi connectivity index (χ2v) is 6.49. The molecule has 1 rings (SSSR count). The van der Waals surface area contributed by atoms with Crippen LogP contribution in [0.25, 0.3) is 0 Å². The summed E-state index contributed by atoms with van der Waals surface area (Å²) in [5.41, 5.74) is -0.877. The van der Waals surface area contributed by atoms with Crippen LogP contribution in [0.2, 0.25) is 0 Å². The maximum atomic E-state index is 12.2. The Balaban J connectivity index is 3.65. The van der Waals surface area contributed by atoms with Gasteiger partial charge in [0.2, 0.25) is 5.75 Å². The molecule has 0 aliphatic carbocycles. The molecule has 0 aromatic heterocycles. The summed E-state index contributed by atoms with van der Waals surface area (Å²) in [5, 5.41) is 10.7. The number of hydrogen-bond donors (Lipinski definition) is 0. The van der Waals surface area contributed by atoms with Crippen LogP contribution in [0, 0.1) is 13.7 Å². The van der Waals surface area contributed by atoms with Gasteiger partial charge in [-0.25, -0.2) is 8.42 Å². The molecule has 0 fully saturated rings. The van der Waals surface area contributed by atoms with Crippen molar-refractivity contribution in [2.45, 2.75) is 11.5 Å². The number of ether oxygens (including phenoxy) is 1. The van der Waals surface area contributed by atoms with Gasteiger partial charge in [-0.05, 0) is 34.7 Å². The zero-order valence-corrected chi connectivity index (χ0v) is 11.9. The summed E-state index contributed by atoms with van der Waals surface area (Å²) in [7, 11) is 0.553. The Bertz CT molecular complexity index is 594. The summed E-state index contributed by atoms with van der Waals surface area (Å²) in [5.74, 6) is -1.07. The lowest BCUT2D eigenvalue weighted by Crippen LogP contribution is -2.09. The molecule has 0 heterocycles. The molecule has 1 aromatic carbocycles. The molecule has 0 aliphatic rings. The lowest BCUT2D eigenvalue weighted by atomic mass is 10.3. The SMILES string of the molecule is O=[N+]([O-])c1c(I)ccc(S(=O)(=O)Cl)c1OC(F)F. The van der Waals surface area contributed by atoms with E-state index in [-0.39, 0.29) is 3.57 Å². The van der Waals surface area contributed by atoms with Crippen LogP contribution in [-0.4, -0.2) is 20.0 Å². The minimum Gasteiger partial charge on any atom is -0.426 e. The van der Waals surface area contributed by atoms with Crippen molar-refractivity contribution in [1.82, 2.24) is 0 Å².